The van der Waals surface area contributed by atoms with Crippen molar-refractivity contribution in [2.45, 2.75) is 52.9 Å². The van der Waals surface area contributed by atoms with Crippen molar-refractivity contribution >= 4 is 17.4 Å². The zero-order valence-corrected chi connectivity index (χ0v) is 15.5. The lowest BCUT2D eigenvalue weighted by Gasteiger charge is -2.16. The Hall–Kier alpha value is -2.56. The van der Waals surface area contributed by atoms with E-state index in [-0.39, 0.29) is 29.9 Å². The number of amides is 1. The van der Waals surface area contributed by atoms with Gasteiger partial charge in [-0.25, -0.2) is 9.97 Å². The van der Waals surface area contributed by atoms with Gasteiger partial charge in [-0.2, -0.15) is 0 Å². The number of hydrogen-bond donors (Lipinski definition) is 1. The molecule has 0 aliphatic rings. The SMILES string of the molecule is Cc1ccc(C)c(C(=O)CCC(=O)Nc2cnc(C(C)(C)C)nc2)c1. The van der Waals surface area contributed by atoms with Crippen LogP contribution in [0.3, 0.4) is 0 Å². The molecule has 5 nitrogen and oxygen atoms in total. The van der Waals surface area contributed by atoms with Gasteiger partial charge in [-0.05, 0) is 25.5 Å². The fourth-order valence-corrected chi connectivity index (χ4v) is 2.40. The van der Waals surface area contributed by atoms with Gasteiger partial charge in [-0.1, -0.05) is 38.5 Å². The molecule has 2 aromatic rings. The van der Waals surface area contributed by atoms with E-state index in [1.54, 1.807) is 12.4 Å². The summed E-state index contributed by atoms with van der Waals surface area (Å²) in [5, 5.41) is 2.74. The van der Waals surface area contributed by atoms with E-state index in [4.69, 9.17) is 0 Å². The highest BCUT2D eigenvalue weighted by Gasteiger charge is 2.17. The van der Waals surface area contributed by atoms with Gasteiger partial charge < -0.3 is 5.32 Å². The van der Waals surface area contributed by atoms with Gasteiger partial charge in [0.15, 0.2) is 5.78 Å². The van der Waals surface area contributed by atoms with E-state index in [2.05, 4.69) is 15.3 Å². The topological polar surface area (TPSA) is 72.0 Å². The van der Waals surface area contributed by atoms with E-state index >= 15 is 0 Å². The highest BCUT2D eigenvalue weighted by Crippen LogP contribution is 2.18. The number of hydrogen-bond acceptors (Lipinski definition) is 4. The minimum absolute atomic E-state index is 0.0179. The number of rotatable bonds is 5. The molecule has 0 aliphatic carbocycles. The van der Waals surface area contributed by atoms with E-state index in [0.717, 1.165) is 17.0 Å². The molecule has 0 aliphatic heterocycles. The fourth-order valence-electron chi connectivity index (χ4n) is 2.40. The molecule has 1 heterocycles. The number of carbonyl (C=O) groups excluding carboxylic acids is 2. The quantitative estimate of drug-likeness (QED) is 0.836. The summed E-state index contributed by atoms with van der Waals surface area (Å²) in [7, 11) is 0. The summed E-state index contributed by atoms with van der Waals surface area (Å²) in [6.45, 7) is 9.93. The molecule has 25 heavy (non-hydrogen) atoms. The Balaban J connectivity index is 1.92. The van der Waals surface area contributed by atoms with Gasteiger partial charge >= 0.3 is 0 Å². The van der Waals surface area contributed by atoms with Crippen LogP contribution in [-0.4, -0.2) is 21.7 Å². The van der Waals surface area contributed by atoms with E-state index < -0.39 is 0 Å². The Kier molecular flexibility index (Phi) is 5.67. The van der Waals surface area contributed by atoms with Crippen LogP contribution in [0, 0.1) is 13.8 Å². The first kappa shape index (κ1) is 18.8. The van der Waals surface area contributed by atoms with Crippen molar-refractivity contribution in [2.75, 3.05) is 5.32 Å². The predicted octanol–water partition coefficient (Wildman–Crippen LogP) is 3.99. The lowest BCUT2D eigenvalue weighted by atomic mass is 9.96. The Bertz CT molecular complexity index is 775. The van der Waals surface area contributed by atoms with Crippen molar-refractivity contribution in [3.8, 4) is 0 Å². The van der Waals surface area contributed by atoms with Crippen molar-refractivity contribution in [1.29, 1.82) is 0 Å². The molecule has 1 N–H and O–H groups in total. The number of carbonyl (C=O) groups is 2. The van der Waals surface area contributed by atoms with Crippen LogP contribution < -0.4 is 5.32 Å². The molecule has 0 saturated heterocycles. The third-order valence-electron chi connectivity index (χ3n) is 3.88. The average molecular weight is 339 g/mol. The third-order valence-corrected chi connectivity index (χ3v) is 3.88. The molecule has 2 rings (SSSR count). The molecular formula is C20H25N3O2. The first-order valence-corrected chi connectivity index (χ1v) is 8.39. The monoisotopic (exact) mass is 339 g/mol. The van der Waals surface area contributed by atoms with Crippen molar-refractivity contribution in [3.05, 3.63) is 53.1 Å². The molecule has 0 unspecified atom stereocenters. The lowest BCUT2D eigenvalue weighted by Crippen LogP contribution is -2.17. The molecule has 0 spiro atoms. The van der Waals surface area contributed by atoms with Gasteiger partial charge in [-0.15, -0.1) is 0 Å². The molecule has 1 aromatic carbocycles. The highest BCUT2D eigenvalue weighted by atomic mass is 16.2. The first-order valence-electron chi connectivity index (χ1n) is 8.39. The molecule has 0 fully saturated rings. The summed E-state index contributed by atoms with van der Waals surface area (Å²) in [5.41, 5.74) is 3.06. The van der Waals surface area contributed by atoms with E-state index in [0.29, 0.717) is 11.3 Å². The zero-order chi connectivity index (χ0) is 18.6. The Morgan fingerprint density at radius 1 is 1.04 bits per heavy atom. The standard InChI is InChI=1S/C20H25N3O2/c1-13-6-7-14(2)16(10-13)17(24)8-9-18(25)23-15-11-21-19(22-12-15)20(3,4)5/h6-7,10-12H,8-9H2,1-5H3,(H,23,25). The molecular weight excluding hydrogens is 314 g/mol. The van der Waals surface area contributed by atoms with Crippen LogP contribution in [0.2, 0.25) is 0 Å². The van der Waals surface area contributed by atoms with E-state index in [1.807, 2.05) is 52.8 Å². The van der Waals surface area contributed by atoms with Crippen molar-refractivity contribution in [2.24, 2.45) is 0 Å². The van der Waals surface area contributed by atoms with Crippen molar-refractivity contribution in [1.82, 2.24) is 9.97 Å². The molecule has 1 aromatic heterocycles. The van der Waals surface area contributed by atoms with Gasteiger partial charge in [0.05, 0.1) is 18.1 Å². The van der Waals surface area contributed by atoms with Gasteiger partial charge in [-0.3, -0.25) is 9.59 Å². The second-order valence-electron chi connectivity index (χ2n) is 7.34. The fraction of sp³-hybridized carbons (Fsp3) is 0.400. The van der Waals surface area contributed by atoms with E-state index in [1.165, 1.54) is 0 Å². The van der Waals surface area contributed by atoms with Crippen molar-refractivity contribution in [3.63, 3.8) is 0 Å². The minimum Gasteiger partial charge on any atom is -0.323 e. The second kappa shape index (κ2) is 7.55. The number of anilines is 1. The number of aryl methyl sites for hydroxylation is 2. The summed E-state index contributed by atoms with van der Waals surface area (Å²) in [5.74, 6) is 0.483. The number of nitrogens with zero attached hydrogens (tertiary/aromatic N) is 2. The molecule has 0 radical (unpaired) electrons. The van der Waals surface area contributed by atoms with Gasteiger partial charge in [0, 0.05) is 23.8 Å². The maximum Gasteiger partial charge on any atom is 0.224 e. The number of nitrogens with one attached hydrogen (secondary N) is 1. The Morgan fingerprint density at radius 2 is 1.68 bits per heavy atom. The number of aromatic nitrogens is 2. The Labute approximate surface area is 148 Å². The number of benzene rings is 1. The van der Waals surface area contributed by atoms with Gasteiger partial charge in [0.1, 0.15) is 5.82 Å². The van der Waals surface area contributed by atoms with Crippen LogP contribution in [0.25, 0.3) is 0 Å². The van der Waals surface area contributed by atoms with Gasteiger partial charge in [0.2, 0.25) is 5.91 Å². The summed E-state index contributed by atoms with van der Waals surface area (Å²) >= 11 is 0. The molecule has 0 bridgehead atoms. The second-order valence-corrected chi connectivity index (χ2v) is 7.34. The van der Waals surface area contributed by atoms with Crippen LogP contribution in [0.15, 0.2) is 30.6 Å². The largest absolute Gasteiger partial charge is 0.323 e. The van der Waals surface area contributed by atoms with Crippen LogP contribution in [0.1, 0.15) is 60.9 Å². The molecule has 5 heteroatoms. The smallest absolute Gasteiger partial charge is 0.224 e. The molecule has 0 saturated carbocycles. The maximum atomic E-state index is 12.3. The zero-order valence-electron chi connectivity index (χ0n) is 15.5. The molecule has 132 valence electrons. The van der Waals surface area contributed by atoms with Gasteiger partial charge in [0.25, 0.3) is 0 Å². The predicted molar refractivity (Wildman–Crippen MR) is 98.8 cm³/mol. The maximum absolute atomic E-state index is 12.3. The number of ketones is 1. The summed E-state index contributed by atoms with van der Waals surface area (Å²) in [4.78, 5) is 32.9. The average Bonchev–Trinajstić information content (AvgIpc) is 2.54. The summed E-state index contributed by atoms with van der Waals surface area (Å²) < 4.78 is 0. The molecule has 0 atom stereocenters. The first-order chi connectivity index (χ1) is 11.7. The normalized spacial score (nSPS) is 11.2. The minimum atomic E-state index is -0.217. The summed E-state index contributed by atoms with van der Waals surface area (Å²) in [6.07, 6.45) is 3.50. The van der Waals surface area contributed by atoms with Crippen LogP contribution >= 0.6 is 0 Å². The lowest BCUT2D eigenvalue weighted by molar-refractivity contribution is -0.116. The third kappa shape index (κ3) is 5.21. The highest BCUT2D eigenvalue weighted by molar-refractivity contribution is 6.00. The summed E-state index contributed by atoms with van der Waals surface area (Å²) in [6, 6.07) is 5.77. The molecule has 1 amide bonds. The Morgan fingerprint density at radius 3 is 2.28 bits per heavy atom. The van der Waals surface area contributed by atoms with Crippen LogP contribution in [0.4, 0.5) is 5.69 Å². The van der Waals surface area contributed by atoms with E-state index in [9.17, 15) is 9.59 Å². The van der Waals surface area contributed by atoms with Crippen LogP contribution in [-0.2, 0) is 10.2 Å². The van der Waals surface area contributed by atoms with Crippen molar-refractivity contribution < 1.29 is 9.59 Å². The van der Waals surface area contributed by atoms with Crippen LogP contribution in [0.5, 0.6) is 0 Å². The number of Topliss-reactive ketones (excluding diaryl/α,β-unsaturated/α-hetero) is 1.